The second-order valence-corrected chi connectivity index (χ2v) is 1.96. The highest BCUT2D eigenvalue weighted by molar-refractivity contribution is 5.12. The summed E-state index contributed by atoms with van der Waals surface area (Å²) < 4.78 is 12.4. The van der Waals surface area contributed by atoms with Crippen LogP contribution in [0.5, 0.6) is 0 Å². The van der Waals surface area contributed by atoms with Crippen molar-refractivity contribution in [3.05, 3.63) is 0 Å². The lowest BCUT2D eigenvalue weighted by Gasteiger charge is -2.27. The van der Waals surface area contributed by atoms with E-state index in [4.69, 9.17) is 6.42 Å². The van der Waals surface area contributed by atoms with Crippen molar-refractivity contribution in [2.24, 2.45) is 0 Å². The maximum absolute atomic E-state index is 12.4. The van der Waals surface area contributed by atoms with Crippen LogP contribution in [0.25, 0.3) is 0 Å². The molecule has 0 spiro atoms. The van der Waals surface area contributed by atoms with Crippen molar-refractivity contribution in [1.29, 1.82) is 0 Å². The van der Waals surface area contributed by atoms with Gasteiger partial charge in [0.2, 0.25) is 0 Å². The van der Waals surface area contributed by atoms with Gasteiger partial charge in [-0.1, -0.05) is 5.92 Å². The predicted molar refractivity (Wildman–Crippen MR) is 26.5 cm³/mol. The fourth-order valence-electron chi connectivity index (χ4n) is 0.632. The highest BCUT2D eigenvalue weighted by Gasteiger charge is 2.34. The van der Waals surface area contributed by atoms with E-state index >= 15 is 0 Å². The summed E-state index contributed by atoms with van der Waals surface area (Å²) in [6.45, 7) is 0. The Bertz CT molecular complexity index is 106. The Labute approximate surface area is 42.7 Å². The van der Waals surface area contributed by atoms with Crippen LogP contribution < -0.4 is 0 Å². The standard InChI is InChI=1S/C6H7F/c1-2-6(7)4-3-5-6/h1H,3-5H2. The number of alkyl halides is 1. The van der Waals surface area contributed by atoms with Gasteiger partial charge in [0.1, 0.15) is 0 Å². The van der Waals surface area contributed by atoms with Crippen LogP contribution in [0, 0.1) is 12.3 Å². The molecule has 1 aliphatic rings. The molecule has 1 saturated carbocycles. The number of rotatable bonds is 0. The van der Waals surface area contributed by atoms with Crippen molar-refractivity contribution in [2.45, 2.75) is 24.9 Å². The van der Waals surface area contributed by atoms with Crippen LogP contribution in [0.15, 0.2) is 0 Å². The van der Waals surface area contributed by atoms with Crippen molar-refractivity contribution in [3.8, 4) is 12.3 Å². The molecule has 0 amide bonds. The van der Waals surface area contributed by atoms with Gasteiger partial charge in [0.15, 0.2) is 5.67 Å². The van der Waals surface area contributed by atoms with Crippen LogP contribution in [-0.2, 0) is 0 Å². The maximum atomic E-state index is 12.4. The molecular weight excluding hydrogens is 91.1 g/mol. The molecule has 0 aromatic rings. The van der Waals surface area contributed by atoms with E-state index in [1.165, 1.54) is 0 Å². The molecule has 0 atom stereocenters. The van der Waals surface area contributed by atoms with E-state index in [2.05, 4.69) is 5.92 Å². The topological polar surface area (TPSA) is 0 Å². The first-order valence-electron chi connectivity index (χ1n) is 2.43. The molecule has 1 rings (SSSR count). The molecule has 0 aromatic heterocycles. The van der Waals surface area contributed by atoms with Crippen LogP contribution in [-0.4, -0.2) is 5.67 Å². The number of terminal acetylenes is 1. The van der Waals surface area contributed by atoms with Crippen molar-refractivity contribution < 1.29 is 4.39 Å². The van der Waals surface area contributed by atoms with Gasteiger partial charge < -0.3 is 0 Å². The predicted octanol–water partition coefficient (Wildman–Crippen LogP) is 1.51. The molecule has 0 aromatic carbocycles. The van der Waals surface area contributed by atoms with E-state index in [9.17, 15) is 4.39 Å². The van der Waals surface area contributed by atoms with Crippen molar-refractivity contribution in [3.63, 3.8) is 0 Å². The Balaban J connectivity index is 2.48. The molecule has 0 nitrogen and oxygen atoms in total. The highest BCUT2D eigenvalue weighted by Crippen LogP contribution is 2.34. The Hall–Kier alpha value is -0.510. The summed E-state index contributed by atoms with van der Waals surface area (Å²) in [5, 5.41) is 0. The fourth-order valence-corrected chi connectivity index (χ4v) is 0.632. The Kier molecular flexibility index (Phi) is 0.815. The quantitative estimate of drug-likeness (QED) is 0.403. The minimum absolute atomic E-state index is 0.573. The smallest absolute Gasteiger partial charge is 0.170 e. The van der Waals surface area contributed by atoms with E-state index in [0.717, 1.165) is 6.42 Å². The summed E-state index contributed by atoms with van der Waals surface area (Å²) in [5.74, 6) is 2.11. The molecule has 0 aliphatic heterocycles. The van der Waals surface area contributed by atoms with Crippen LogP contribution in [0.4, 0.5) is 4.39 Å². The van der Waals surface area contributed by atoms with Gasteiger partial charge in [-0.25, -0.2) is 4.39 Å². The summed E-state index contributed by atoms with van der Waals surface area (Å²) >= 11 is 0. The molecular formula is C6H7F. The molecule has 0 saturated heterocycles. The van der Waals surface area contributed by atoms with Gasteiger partial charge in [-0.2, -0.15) is 0 Å². The van der Waals surface area contributed by atoms with Crippen LogP contribution in [0.2, 0.25) is 0 Å². The van der Waals surface area contributed by atoms with Crippen LogP contribution in [0.3, 0.4) is 0 Å². The van der Waals surface area contributed by atoms with E-state index in [1.54, 1.807) is 0 Å². The summed E-state index contributed by atoms with van der Waals surface area (Å²) in [6, 6.07) is 0. The van der Waals surface area contributed by atoms with E-state index in [0.29, 0.717) is 12.8 Å². The summed E-state index contributed by atoms with van der Waals surface area (Å²) in [7, 11) is 0. The van der Waals surface area contributed by atoms with Gasteiger partial charge in [-0.15, -0.1) is 6.42 Å². The highest BCUT2D eigenvalue weighted by atomic mass is 19.1. The van der Waals surface area contributed by atoms with Gasteiger partial charge >= 0.3 is 0 Å². The average molecular weight is 98.1 g/mol. The van der Waals surface area contributed by atoms with E-state index in [-0.39, 0.29) is 0 Å². The van der Waals surface area contributed by atoms with Gasteiger partial charge in [0, 0.05) is 0 Å². The Morgan fingerprint density at radius 2 is 2.14 bits per heavy atom. The first-order chi connectivity index (χ1) is 3.27. The zero-order chi connectivity index (χ0) is 5.33. The van der Waals surface area contributed by atoms with Gasteiger partial charge in [0.05, 0.1) is 0 Å². The lowest BCUT2D eigenvalue weighted by Crippen LogP contribution is -2.28. The Morgan fingerprint density at radius 3 is 2.14 bits per heavy atom. The van der Waals surface area contributed by atoms with Crippen LogP contribution in [0.1, 0.15) is 19.3 Å². The van der Waals surface area contributed by atoms with Crippen molar-refractivity contribution in [1.82, 2.24) is 0 Å². The number of halogens is 1. The third-order valence-electron chi connectivity index (χ3n) is 1.40. The summed E-state index contributed by atoms with van der Waals surface area (Å²) in [6.07, 6.45) is 6.95. The minimum Gasteiger partial charge on any atom is -0.230 e. The third kappa shape index (κ3) is 0.608. The second kappa shape index (κ2) is 1.23. The largest absolute Gasteiger partial charge is 0.230 e. The SMILES string of the molecule is C#CC1(F)CCC1. The lowest BCUT2D eigenvalue weighted by atomic mass is 9.83. The van der Waals surface area contributed by atoms with Crippen LogP contribution >= 0.6 is 0 Å². The minimum atomic E-state index is -1.21. The average Bonchev–Trinajstić information content (AvgIpc) is 1.61. The molecule has 0 unspecified atom stereocenters. The lowest BCUT2D eigenvalue weighted by molar-refractivity contribution is 0.131. The first-order valence-corrected chi connectivity index (χ1v) is 2.43. The first kappa shape index (κ1) is 4.64. The van der Waals surface area contributed by atoms with E-state index in [1.807, 2.05) is 0 Å². The molecule has 0 radical (unpaired) electrons. The molecule has 0 heterocycles. The Morgan fingerprint density at radius 1 is 1.57 bits per heavy atom. The molecule has 1 aliphatic carbocycles. The third-order valence-corrected chi connectivity index (χ3v) is 1.40. The van der Waals surface area contributed by atoms with Crippen molar-refractivity contribution >= 4 is 0 Å². The molecule has 1 fully saturated rings. The molecule has 0 N–H and O–H groups in total. The fraction of sp³-hybridized carbons (Fsp3) is 0.667. The number of hydrogen-bond donors (Lipinski definition) is 0. The summed E-state index contributed by atoms with van der Waals surface area (Å²) in [5.41, 5.74) is -1.21. The van der Waals surface area contributed by atoms with Gasteiger partial charge in [-0.05, 0) is 19.3 Å². The van der Waals surface area contributed by atoms with Gasteiger partial charge in [0.25, 0.3) is 0 Å². The van der Waals surface area contributed by atoms with Gasteiger partial charge in [-0.3, -0.25) is 0 Å². The number of hydrogen-bond acceptors (Lipinski definition) is 0. The molecule has 0 bridgehead atoms. The van der Waals surface area contributed by atoms with E-state index < -0.39 is 5.67 Å². The maximum Gasteiger partial charge on any atom is 0.170 e. The zero-order valence-corrected chi connectivity index (χ0v) is 4.08. The molecule has 1 heteroatoms. The van der Waals surface area contributed by atoms with Crippen molar-refractivity contribution in [2.75, 3.05) is 0 Å². The zero-order valence-electron chi connectivity index (χ0n) is 4.08. The second-order valence-electron chi connectivity index (χ2n) is 1.96. The summed E-state index contributed by atoms with van der Waals surface area (Å²) in [4.78, 5) is 0. The molecule has 7 heavy (non-hydrogen) atoms. The molecule has 38 valence electrons. The normalized spacial score (nSPS) is 25.1. The monoisotopic (exact) mass is 98.1 g/mol.